The van der Waals surface area contributed by atoms with E-state index in [2.05, 4.69) is 10.0 Å². The molecule has 5 nitrogen and oxygen atoms in total. The van der Waals surface area contributed by atoms with Gasteiger partial charge in [0.15, 0.2) is 0 Å². The van der Waals surface area contributed by atoms with Gasteiger partial charge in [0.05, 0.1) is 10.9 Å². The van der Waals surface area contributed by atoms with Crippen LogP contribution in [0.4, 0.5) is 0 Å². The van der Waals surface area contributed by atoms with Gasteiger partial charge in [-0.3, -0.25) is 4.79 Å². The summed E-state index contributed by atoms with van der Waals surface area (Å²) >= 11 is 0. The SMILES string of the molecule is CC(NC(=O)CCNS(=O)(=O)c1ccc2c(c1)CCCC2)c1ccccc1. The first-order valence-electron chi connectivity index (χ1n) is 9.41. The zero-order valence-electron chi connectivity index (χ0n) is 15.6. The molecule has 0 fully saturated rings. The van der Waals surface area contributed by atoms with Crippen LogP contribution in [0.5, 0.6) is 0 Å². The molecule has 0 saturated carbocycles. The van der Waals surface area contributed by atoms with E-state index in [0.717, 1.165) is 36.8 Å². The van der Waals surface area contributed by atoms with Gasteiger partial charge >= 0.3 is 0 Å². The van der Waals surface area contributed by atoms with Gasteiger partial charge in [-0.15, -0.1) is 0 Å². The number of fused-ring (bicyclic) bond motifs is 1. The number of carbonyl (C=O) groups excluding carboxylic acids is 1. The number of amides is 1. The van der Waals surface area contributed by atoms with Crippen LogP contribution in [0, 0.1) is 0 Å². The molecular weight excluding hydrogens is 360 g/mol. The largest absolute Gasteiger partial charge is 0.350 e. The Hall–Kier alpha value is -2.18. The van der Waals surface area contributed by atoms with Crippen molar-refractivity contribution in [2.45, 2.75) is 50.0 Å². The van der Waals surface area contributed by atoms with Crippen LogP contribution in [0.2, 0.25) is 0 Å². The number of carbonyl (C=O) groups is 1. The fourth-order valence-corrected chi connectivity index (χ4v) is 4.48. The average molecular weight is 387 g/mol. The molecule has 0 radical (unpaired) electrons. The van der Waals surface area contributed by atoms with Crippen LogP contribution in [0.1, 0.15) is 48.9 Å². The molecule has 0 bridgehead atoms. The molecule has 0 heterocycles. The van der Waals surface area contributed by atoms with Crippen molar-refractivity contribution in [2.75, 3.05) is 6.54 Å². The molecule has 0 saturated heterocycles. The predicted molar refractivity (Wildman–Crippen MR) is 106 cm³/mol. The number of sulfonamides is 1. The fourth-order valence-electron chi connectivity index (χ4n) is 3.40. The van der Waals surface area contributed by atoms with Gasteiger partial charge in [0.25, 0.3) is 0 Å². The highest BCUT2D eigenvalue weighted by Crippen LogP contribution is 2.24. The quantitative estimate of drug-likeness (QED) is 0.768. The minimum atomic E-state index is -3.60. The molecule has 0 spiro atoms. The highest BCUT2D eigenvalue weighted by molar-refractivity contribution is 7.89. The predicted octanol–water partition coefficient (Wildman–Crippen LogP) is 3.11. The summed E-state index contributed by atoms with van der Waals surface area (Å²) < 4.78 is 27.5. The monoisotopic (exact) mass is 386 g/mol. The minimum Gasteiger partial charge on any atom is -0.350 e. The van der Waals surface area contributed by atoms with Gasteiger partial charge in [-0.2, -0.15) is 0 Å². The summed E-state index contributed by atoms with van der Waals surface area (Å²) in [6.07, 6.45) is 4.31. The van der Waals surface area contributed by atoms with Crippen LogP contribution in [-0.2, 0) is 27.7 Å². The van der Waals surface area contributed by atoms with Gasteiger partial charge in [-0.25, -0.2) is 13.1 Å². The summed E-state index contributed by atoms with van der Waals surface area (Å²) in [4.78, 5) is 12.4. The normalized spacial score (nSPS) is 15.0. The number of aryl methyl sites for hydroxylation is 2. The summed E-state index contributed by atoms with van der Waals surface area (Å²) in [6.45, 7) is 1.98. The number of nitrogens with one attached hydrogen (secondary N) is 2. The van der Waals surface area contributed by atoms with E-state index in [9.17, 15) is 13.2 Å². The van der Waals surface area contributed by atoms with E-state index in [1.165, 1.54) is 5.56 Å². The van der Waals surface area contributed by atoms with Crippen LogP contribution in [-0.4, -0.2) is 20.9 Å². The Balaban J connectivity index is 1.52. The van der Waals surface area contributed by atoms with Gasteiger partial charge in [-0.05, 0) is 61.4 Å². The second-order valence-electron chi connectivity index (χ2n) is 6.99. The molecule has 27 heavy (non-hydrogen) atoms. The van der Waals surface area contributed by atoms with Gasteiger partial charge in [-0.1, -0.05) is 36.4 Å². The fraction of sp³-hybridized carbons (Fsp3) is 0.381. The molecule has 3 rings (SSSR count). The van der Waals surface area contributed by atoms with Crippen molar-refractivity contribution in [2.24, 2.45) is 0 Å². The summed E-state index contributed by atoms with van der Waals surface area (Å²) in [7, 11) is -3.60. The molecule has 1 amide bonds. The van der Waals surface area contributed by atoms with Crippen molar-refractivity contribution in [3.05, 3.63) is 65.2 Å². The van der Waals surface area contributed by atoms with E-state index < -0.39 is 10.0 Å². The smallest absolute Gasteiger partial charge is 0.240 e. The highest BCUT2D eigenvalue weighted by atomic mass is 32.2. The lowest BCUT2D eigenvalue weighted by atomic mass is 9.92. The number of rotatable bonds is 7. The van der Waals surface area contributed by atoms with Crippen molar-refractivity contribution < 1.29 is 13.2 Å². The summed E-state index contributed by atoms with van der Waals surface area (Å²) in [5.74, 6) is -0.181. The molecule has 1 aliphatic rings. The maximum absolute atomic E-state index is 12.5. The Bertz CT molecular complexity index is 895. The molecule has 6 heteroatoms. The van der Waals surface area contributed by atoms with Crippen molar-refractivity contribution in [3.8, 4) is 0 Å². The molecular formula is C21H26N2O3S. The zero-order valence-corrected chi connectivity index (χ0v) is 16.4. The number of hydrogen-bond donors (Lipinski definition) is 2. The Morgan fingerprint density at radius 3 is 2.48 bits per heavy atom. The molecule has 2 aromatic rings. The van der Waals surface area contributed by atoms with E-state index in [1.807, 2.05) is 43.3 Å². The summed E-state index contributed by atoms with van der Waals surface area (Å²) in [5, 5.41) is 2.89. The van der Waals surface area contributed by atoms with E-state index >= 15 is 0 Å². The minimum absolute atomic E-state index is 0.0762. The molecule has 2 N–H and O–H groups in total. The summed E-state index contributed by atoms with van der Waals surface area (Å²) in [6, 6.07) is 14.9. The maximum atomic E-state index is 12.5. The van der Waals surface area contributed by atoms with E-state index in [-0.39, 0.29) is 29.8 Å². The lowest BCUT2D eigenvalue weighted by Gasteiger charge is -2.17. The first-order chi connectivity index (χ1) is 13.0. The van der Waals surface area contributed by atoms with Gasteiger partial charge in [0.1, 0.15) is 0 Å². The van der Waals surface area contributed by atoms with E-state index in [1.54, 1.807) is 12.1 Å². The van der Waals surface area contributed by atoms with Gasteiger partial charge < -0.3 is 5.32 Å². The van der Waals surface area contributed by atoms with E-state index in [4.69, 9.17) is 0 Å². The van der Waals surface area contributed by atoms with E-state index in [0.29, 0.717) is 0 Å². The molecule has 0 aliphatic heterocycles. The molecule has 2 aromatic carbocycles. The molecule has 1 unspecified atom stereocenters. The number of hydrogen-bond acceptors (Lipinski definition) is 3. The van der Waals surface area contributed by atoms with Gasteiger partial charge in [0, 0.05) is 13.0 Å². The maximum Gasteiger partial charge on any atom is 0.240 e. The summed E-state index contributed by atoms with van der Waals surface area (Å²) in [5.41, 5.74) is 3.38. The second kappa shape index (κ2) is 8.67. The van der Waals surface area contributed by atoms with Crippen molar-refractivity contribution in [3.63, 3.8) is 0 Å². The van der Waals surface area contributed by atoms with Gasteiger partial charge in [0.2, 0.25) is 15.9 Å². The molecule has 1 aliphatic carbocycles. The van der Waals surface area contributed by atoms with Crippen molar-refractivity contribution in [1.82, 2.24) is 10.0 Å². The topological polar surface area (TPSA) is 75.3 Å². The lowest BCUT2D eigenvalue weighted by Crippen LogP contribution is -2.32. The lowest BCUT2D eigenvalue weighted by molar-refractivity contribution is -0.121. The average Bonchev–Trinajstić information content (AvgIpc) is 2.68. The Labute approximate surface area is 161 Å². The zero-order chi connectivity index (χ0) is 19.3. The number of benzene rings is 2. The second-order valence-corrected chi connectivity index (χ2v) is 8.75. The highest BCUT2D eigenvalue weighted by Gasteiger charge is 2.18. The third-order valence-corrected chi connectivity index (χ3v) is 6.41. The van der Waals surface area contributed by atoms with Crippen molar-refractivity contribution in [1.29, 1.82) is 0 Å². The van der Waals surface area contributed by atoms with Crippen LogP contribution in [0.3, 0.4) is 0 Å². The Kier molecular flexibility index (Phi) is 6.29. The van der Waals surface area contributed by atoms with Crippen LogP contribution < -0.4 is 10.0 Å². The Morgan fingerprint density at radius 2 is 1.74 bits per heavy atom. The first kappa shape index (κ1) is 19.6. The van der Waals surface area contributed by atoms with Crippen LogP contribution in [0.25, 0.3) is 0 Å². The standard InChI is InChI=1S/C21H26N2O3S/c1-16(17-7-3-2-4-8-17)23-21(24)13-14-22-27(25,26)20-12-11-18-9-5-6-10-19(18)15-20/h2-4,7-8,11-12,15-16,22H,5-6,9-10,13-14H2,1H3,(H,23,24). The third-order valence-electron chi connectivity index (χ3n) is 4.95. The molecule has 144 valence electrons. The third kappa shape index (κ3) is 5.17. The Morgan fingerprint density at radius 1 is 1.04 bits per heavy atom. The van der Waals surface area contributed by atoms with Crippen LogP contribution >= 0.6 is 0 Å². The molecule has 1 atom stereocenters. The van der Waals surface area contributed by atoms with Crippen molar-refractivity contribution >= 4 is 15.9 Å². The molecule has 0 aromatic heterocycles. The van der Waals surface area contributed by atoms with Crippen LogP contribution in [0.15, 0.2) is 53.4 Å². The first-order valence-corrected chi connectivity index (χ1v) is 10.9.